The lowest BCUT2D eigenvalue weighted by Gasteiger charge is -2.20. The van der Waals surface area contributed by atoms with E-state index in [2.05, 4.69) is 144 Å². The van der Waals surface area contributed by atoms with Crippen LogP contribution >= 0.6 is 0 Å². The number of fused-ring (bicyclic) bond motifs is 1. The summed E-state index contributed by atoms with van der Waals surface area (Å²) in [5.74, 6) is 2.98. The summed E-state index contributed by atoms with van der Waals surface area (Å²) in [6.45, 7) is 15.6. The van der Waals surface area contributed by atoms with E-state index in [1.165, 1.54) is 83.1 Å². The van der Waals surface area contributed by atoms with Gasteiger partial charge in [-0.05, 0) is 100 Å². The Labute approximate surface area is 270 Å². The maximum Gasteiger partial charge on any atom is 0.193 e. The second-order valence-corrected chi connectivity index (χ2v) is 12.9. The van der Waals surface area contributed by atoms with Gasteiger partial charge in [-0.1, -0.05) is 124 Å². The number of benzene rings is 4. The fourth-order valence-electron chi connectivity index (χ4n) is 7.25. The number of hydrogen-bond acceptors (Lipinski definition) is 0. The van der Waals surface area contributed by atoms with Gasteiger partial charge in [-0.2, -0.15) is 0 Å². The number of aromatic amines is 1. The normalized spacial score (nSPS) is 12.8. The van der Waals surface area contributed by atoms with Crippen molar-refractivity contribution in [2.75, 3.05) is 0 Å². The van der Waals surface area contributed by atoms with Gasteiger partial charge < -0.3 is 4.98 Å². The van der Waals surface area contributed by atoms with Crippen LogP contribution in [0.15, 0.2) is 96.1 Å². The SMILES string of the molecule is C#Cc1[nH]c2c(-c3cc(C)cc(C)c3Bc3cccc(C(=C(C)C)c4ccccc4C)c3C)cccc2c1C1=C(C)CCC=C1. The number of hydrogen-bond donors (Lipinski definition) is 1. The molecule has 0 bridgehead atoms. The molecule has 0 amide bonds. The smallest absolute Gasteiger partial charge is 0.193 e. The van der Waals surface area contributed by atoms with E-state index >= 15 is 0 Å². The van der Waals surface area contributed by atoms with E-state index in [-0.39, 0.29) is 0 Å². The molecule has 1 aliphatic carbocycles. The van der Waals surface area contributed by atoms with E-state index in [0.717, 1.165) is 36.9 Å². The molecule has 5 aromatic rings. The fraction of sp³-hybridized carbons (Fsp3) is 0.209. The molecule has 2 heteroatoms. The van der Waals surface area contributed by atoms with Crippen LogP contribution in [0.2, 0.25) is 0 Å². The fourth-order valence-corrected chi connectivity index (χ4v) is 7.25. The standard InChI is InChI=1S/C43H42BN/c1-9-39-41(33-19-13-11-17-29(33)6)36-22-14-21-35(43(36)45-39)37-25-27(4)24-30(7)42(37)44-38-23-15-20-34(31(38)8)40(26(2)3)32-18-12-10-16-28(32)5/h1,10,12-16,18-25,44-45H,11,17H2,2-8H3. The van der Waals surface area contributed by atoms with Crippen LogP contribution in [0.1, 0.15) is 78.3 Å². The molecule has 0 atom stereocenters. The van der Waals surface area contributed by atoms with Gasteiger partial charge in [0.15, 0.2) is 7.28 Å². The van der Waals surface area contributed by atoms with E-state index in [9.17, 15) is 0 Å². The molecular formula is C43H42BN. The summed E-state index contributed by atoms with van der Waals surface area (Å²) in [4.78, 5) is 3.69. The summed E-state index contributed by atoms with van der Waals surface area (Å²) in [7, 11) is 0.851. The summed E-state index contributed by atoms with van der Waals surface area (Å²) in [6, 6.07) is 26.9. The maximum atomic E-state index is 6.13. The maximum absolute atomic E-state index is 6.13. The highest BCUT2D eigenvalue weighted by Crippen LogP contribution is 2.38. The molecule has 0 aliphatic heterocycles. The first-order valence-electron chi connectivity index (χ1n) is 16.1. The molecule has 0 unspecified atom stereocenters. The molecule has 1 nitrogen and oxygen atoms in total. The molecule has 222 valence electrons. The zero-order chi connectivity index (χ0) is 31.8. The van der Waals surface area contributed by atoms with Gasteiger partial charge in [-0.3, -0.25) is 0 Å². The third-order valence-electron chi connectivity index (χ3n) is 9.58. The minimum absolute atomic E-state index is 0.851. The van der Waals surface area contributed by atoms with Gasteiger partial charge in [0.05, 0.1) is 11.2 Å². The number of para-hydroxylation sites is 1. The number of rotatable bonds is 6. The molecule has 1 aliphatic rings. The second kappa shape index (κ2) is 12.3. The molecule has 1 heterocycles. The average molecular weight is 584 g/mol. The largest absolute Gasteiger partial charge is 0.347 e. The molecule has 1 aromatic heterocycles. The zero-order valence-corrected chi connectivity index (χ0v) is 27.8. The number of H-pyrrole nitrogens is 1. The molecule has 1 N–H and O–H groups in total. The lowest BCUT2D eigenvalue weighted by molar-refractivity contribution is 0.967. The van der Waals surface area contributed by atoms with Crippen molar-refractivity contribution in [1.82, 2.24) is 4.98 Å². The van der Waals surface area contributed by atoms with Crippen LogP contribution in [0.3, 0.4) is 0 Å². The number of terminal acetylenes is 1. The minimum Gasteiger partial charge on any atom is -0.347 e. The van der Waals surface area contributed by atoms with Crippen molar-refractivity contribution in [3.63, 3.8) is 0 Å². The first-order chi connectivity index (χ1) is 21.7. The third kappa shape index (κ3) is 5.53. The molecule has 0 saturated heterocycles. The zero-order valence-electron chi connectivity index (χ0n) is 27.8. The van der Waals surface area contributed by atoms with Crippen molar-refractivity contribution < 1.29 is 0 Å². The Morgan fingerprint density at radius 2 is 1.58 bits per heavy atom. The molecule has 0 radical (unpaired) electrons. The molecule has 45 heavy (non-hydrogen) atoms. The summed E-state index contributed by atoms with van der Waals surface area (Å²) in [5.41, 5.74) is 21.4. The Hall–Kier alpha value is -4.74. The highest BCUT2D eigenvalue weighted by atomic mass is 14.7. The second-order valence-electron chi connectivity index (χ2n) is 12.9. The number of aromatic nitrogens is 1. The summed E-state index contributed by atoms with van der Waals surface area (Å²) < 4.78 is 0. The molecular weight excluding hydrogens is 541 g/mol. The van der Waals surface area contributed by atoms with Crippen LogP contribution in [-0.4, -0.2) is 12.3 Å². The van der Waals surface area contributed by atoms with Crippen molar-refractivity contribution >= 4 is 40.3 Å². The van der Waals surface area contributed by atoms with E-state index in [4.69, 9.17) is 6.42 Å². The van der Waals surface area contributed by atoms with Crippen molar-refractivity contribution in [2.24, 2.45) is 0 Å². The van der Waals surface area contributed by atoms with Crippen LogP contribution < -0.4 is 10.9 Å². The molecule has 6 rings (SSSR count). The van der Waals surface area contributed by atoms with Crippen molar-refractivity contribution in [1.29, 1.82) is 0 Å². The van der Waals surface area contributed by atoms with Gasteiger partial charge >= 0.3 is 0 Å². The van der Waals surface area contributed by atoms with Crippen LogP contribution in [0.25, 0.3) is 33.2 Å². The summed E-state index contributed by atoms with van der Waals surface area (Å²) in [5, 5.41) is 1.19. The summed E-state index contributed by atoms with van der Waals surface area (Å²) >= 11 is 0. The Morgan fingerprint density at radius 1 is 0.822 bits per heavy atom. The van der Waals surface area contributed by atoms with Crippen LogP contribution in [0.5, 0.6) is 0 Å². The lowest BCUT2D eigenvalue weighted by atomic mass is 9.58. The minimum atomic E-state index is 0.851. The number of aryl methyl sites for hydroxylation is 3. The molecule has 4 aromatic carbocycles. The monoisotopic (exact) mass is 583 g/mol. The molecule has 0 spiro atoms. The predicted octanol–water partition coefficient (Wildman–Crippen LogP) is 9.40. The summed E-state index contributed by atoms with van der Waals surface area (Å²) in [6.07, 6.45) is 12.8. The molecule has 0 saturated carbocycles. The Morgan fingerprint density at radius 3 is 2.31 bits per heavy atom. The van der Waals surface area contributed by atoms with E-state index in [1.807, 2.05) is 0 Å². The Balaban J connectivity index is 1.52. The Kier molecular flexibility index (Phi) is 8.31. The topological polar surface area (TPSA) is 15.8 Å². The third-order valence-corrected chi connectivity index (χ3v) is 9.58. The van der Waals surface area contributed by atoms with Gasteiger partial charge in [0.1, 0.15) is 0 Å². The van der Waals surface area contributed by atoms with Crippen LogP contribution in [0.4, 0.5) is 0 Å². The van der Waals surface area contributed by atoms with E-state index < -0.39 is 0 Å². The van der Waals surface area contributed by atoms with Gasteiger partial charge in [-0.15, -0.1) is 6.42 Å². The highest BCUT2D eigenvalue weighted by Gasteiger charge is 2.22. The van der Waals surface area contributed by atoms with Crippen molar-refractivity contribution in [3.8, 4) is 23.5 Å². The quantitative estimate of drug-likeness (QED) is 0.151. The molecule has 0 fully saturated rings. The highest BCUT2D eigenvalue weighted by molar-refractivity contribution is 6.69. The average Bonchev–Trinajstić information content (AvgIpc) is 3.40. The van der Waals surface area contributed by atoms with Crippen molar-refractivity contribution in [3.05, 3.63) is 141 Å². The Bertz CT molecular complexity index is 2100. The first-order valence-corrected chi connectivity index (χ1v) is 16.1. The number of allylic oxidation sites excluding steroid dienone is 5. The van der Waals surface area contributed by atoms with Gasteiger partial charge in [0.25, 0.3) is 0 Å². The van der Waals surface area contributed by atoms with Crippen molar-refractivity contribution in [2.45, 2.75) is 61.3 Å². The predicted molar refractivity (Wildman–Crippen MR) is 198 cm³/mol. The van der Waals surface area contributed by atoms with Gasteiger partial charge in [-0.25, -0.2) is 0 Å². The van der Waals surface area contributed by atoms with Gasteiger partial charge in [0.2, 0.25) is 0 Å². The van der Waals surface area contributed by atoms with E-state index in [1.54, 1.807) is 0 Å². The van der Waals surface area contributed by atoms with E-state index in [0.29, 0.717) is 0 Å². The van der Waals surface area contributed by atoms with Crippen LogP contribution in [-0.2, 0) is 0 Å². The van der Waals surface area contributed by atoms with Crippen LogP contribution in [0, 0.1) is 40.0 Å². The first kappa shape index (κ1) is 30.3. The number of nitrogens with one attached hydrogen (secondary N) is 1. The van der Waals surface area contributed by atoms with Gasteiger partial charge in [0, 0.05) is 16.5 Å². The lowest BCUT2D eigenvalue weighted by Crippen LogP contribution is -2.33.